The van der Waals surface area contributed by atoms with Crippen LogP contribution in [-0.4, -0.2) is 17.2 Å². The molecule has 0 spiro atoms. The van der Waals surface area contributed by atoms with Crippen LogP contribution in [0.4, 0.5) is 0 Å². The fourth-order valence-electron chi connectivity index (χ4n) is 1.30. The number of esters is 1. The average molecular weight is 164 g/mol. The van der Waals surface area contributed by atoms with Crippen molar-refractivity contribution in [2.24, 2.45) is 5.92 Å². The highest BCUT2D eigenvalue weighted by atomic mass is 16.5. The molecule has 1 aliphatic heterocycles. The van der Waals surface area contributed by atoms with Crippen LogP contribution in [0.15, 0.2) is 36.1 Å². The molecule has 0 amide bonds. The first-order valence-electron chi connectivity index (χ1n) is 3.73. The van der Waals surface area contributed by atoms with Crippen LogP contribution < -0.4 is 0 Å². The zero-order valence-corrected chi connectivity index (χ0v) is 6.31. The molecule has 1 N–H and O–H groups in total. The van der Waals surface area contributed by atoms with Crippen molar-refractivity contribution in [3.8, 4) is 0 Å². The van der Waals surface area contributed by atoms with Gasteiger partial charge in [-0.25, -0.2) is 4.79 Å². The average Bonchev–Trinajstić information content (AvgIpc) is 2.03. The first-order valence-corrected chi connectivity index (χ1v) is 3.73. The number of hydrogen-bond acceptors (Lipinski definition) is 3. The minimum atomic E-state index is -0.351. The van der Waals surface area contributed by atoms with E-state index in [1.807, 2.05) is 6.08 Å². The predicted octanol–water partition coefficient (Wildman–Crippen LogP) is 1.10. The highest BCUT2D eigenvalue weighted by molar-refractivity contribution is 5.83. The number of allylic oxidation sites excluding steroid dienone is 1. The van der Waals surface area contributed by atoms with Crippen LogP contribution in [-0.2, 0) is 9.53 Å². The fraction of sp³-hybridized carbons (Fsp3) is 0.222. The molecule has 0 fully saturated rings. The minimum absolute atomic E-state index is 0.0820. The van der Waals surface area contributed by atoms with Crippen LogP contribution in [0.3, 0.4) is 0 Å². The van der Waals surface area contributed by atoms with Gasteiger partial charge in [0.05, 0.1) is 0 Å². The van der Waals surface area contributed by atoms with Crippen LogP contribution in [0.1, 0.15) is 0 Å². The quantitative estimate of drug-likeness (QED) is 0.545. The van der Waals surface area contributed by atoms with Gasteiger partial charge in [-0.3, -0.25) is 0 Å². The van der Waals surface area contributed by atoms with Gasteiger partial charge in [-0.15, -0.1) is 0 Å². The molecule has 0 aromatic heterocycles. The molecule has 3 heteroatoms. The Labute approximate surface area is 69.6 Å². The Balaban J connectivity index is 2.27. The lowest BCUT2D eigenvalue weighted by Gasteiger charge is -2.24. The fourth-order valence-corrected chi connectivity index (χ4v) is 1.30. The van der Waals surface area contributed by atoms with Crippen molar-refractivity contribution in [2.45, 2.75) is 6.10 Å². The van der Waals surface area contributed by atoms with Gasteiger partial charge in [0.15, 0.2) is 0 Å². The van der Waals surface area contributed by atoms with Gasteiger partial charge in [-0.1, -0.05) is 12.2 Å². The smallest absolute Gasteiger partial charge is 0.331 e. The molecular weight excluding hydrogens is 156 g/mol. The number of carbonyl (C=O) groups excluding carboxylic acids is 1. The Kier molecular flexibility index (Phi) is 1.50. The van der Waals surface area contributed by atoms with Gasteiger partial charge in [0, 0.05) is 12.0 Å². The van der Waals surface area contributed by atoms with Gasteiger partial charge in [0.2, 0.25) is 0 Å². The summed E-state index contributed by atoms with van der Waals surface area (Å²) in [5.41, 5.74) is 0. The molecule has 0 aromatic carbocycles. The van der Waals surface area contributed by atoms with Crippen molar-refractivity contribution < 1.29 is 14.6 Å². The predicted molar refractivity (Wildman–Crippen MR) is 42.4 cm³/mol. The molecule has 0 saturated carbocycles. The van der Waals surface area contributed by atoms with Crippen molar-refractivity contribution in [2.75, 3.05) is 0 Å². The van der Waals surface area contributed by atoms with E-state index in [-0.39, 0.29) is 23.8 Å². The number of carbonyl (C=O) groups is 1. The Hall–Kier alpha value is -1.51. The van der Waals surface area contributed by atoms with Gasteiger partial charge >= 0.3 is 5.97 Å². The zero-order chi connectivity index (χ0) is 8.55. The summed E-state index contributed by atoms with van der Waals surface area (Å²) < 4.78 is 4.95. The van der Waals surface area contributed by atoms with Gasteiger partial charge in [-0.05, 0) is 12.2 Å². The molecule has 1 aliphatic carbocycles. The van der Waals surface area contributed by atoms with Crippen molar-refractivity contribution >= 4 is 5.97 Å². The lowest BCUT2D eigenvalue weighted by molar-refractivity contribution is -0.143. The number of rotatable bonds is 0. The van der Waals surface area contributed by atoms with E-state index in [4.69, 9.17) is 9.84 Å². The molecule has 0 saturated heterocycles. The Morgan fingerprint density at radius 2 is 2.08 bits per heavy atom. The van der Waals surface area contributed by atoms with Crippen molar-refractivity contribution in [3.63, 3.8) is 0 Å². The van der Waals surface area contributed by atoms with E-state index >= 15 is 0 Å². The highest BCUT2D eigenvalue weighted by Crippen LogP contribution is 2.23. The monoisotopic (exact) mass is 164 g/mol. The van der Waals surface area contributed by atoms with E-state index in [1.54, 1.807) is 12.2 Å². The molecule has 2 aliphatic rings. The summed E-state index contributed by atoms with van der Waals surface area (Å²) in [7, 11) is 0. The molecule has 12 heavy (non-hydrogen) atoms. The maximum Gasteiger partial charge on any atom is 0.331 e. The molecule has 0 radical (unpaired) electrons. The zero-order valence-electron chi connectivity index (χ0n) is 6.31. The van der Waals surface area contributed by atoms with Crippen molar-refractivity contribution in [3.05, 3.63) is 36.1 Å². The number of ether oxygens (including phenoxy) is 1. The SMILES string of the molecule is O=C1C=CC2C=CC(O)=CC2O1. The lowest BCUT2D eigenvalue weighted by Crippen LogP contribution is -2.27. The van der Waals surface area contributed by atoms with E-state index < -0.39 is 0 Å². The maximum absolute atomic E-state index is 10.8. The molecule has 0 aromatic rings. The topological polar surface area (TPSA) is 46.5 Å². The second-order valence-corrected chi connectivity index (χ2v) is 2.79. The van der Waals surface area contributed by atoms with E-state index in [9.17, 15) is 4.79 Å². The third-order valence-electron chi connectivity index (χ3n) is 1.91. The number of fused-ring (bicyclic) bond motifs is 1. The first-order chi connectivity index (χ1) is 5.75. The van der Waals surface area contributed by atoms with Gasteiger partial charge < -0.3 is 9.84 Å². The molecule has 62 valence electrons. The largest absolute Gasteiger partial charge is 0.508 e. The number of aliphatic hydroxyl groups is 1. The van der Waals surface area contributed by atoms with Crippen molar-refractivity contribution in [1.82, 2.24) is 0 Å². The summed E-state index contributed by atoms with van der Waals surface area (Å²) >= 11 is 0. The third-order valence-corrected chi connectivity index (χ3v) is 1.91. The second kappa shape index (κ2) is 2.52. The van der Waals surface area contributed by atoms with E-state index in [0.29, 0.717) is 0 Å². The first kappa shape index (κ1) is 7.16. The number of aliphatic hydroxyl groups excluding tert-OH is 1. The molecule has 0 bridgehead atoms. The molecular formula is C9H8O3. The molecule has 3 nitrogen and oxygen atoms in total. The van der Waals surface area contributed by atoms with Crippen LogP contribution >= 0.6 is 0 Å². The van der Waals surface area contributed by atoms with E-state index in [1.165, 1.54) is 12.2 Å². The van der Waals surface area contributed by atoms with Gasteiger partial charge in [-0.2, -0.15) is 0 Å². The molecule has 2 unspecified atom stereocenters. The van der Waals surface area contributed by atoms with E-state index in [0.717, 1.165) is 0 Å². The van der Waals surface area contributed by atoms with Crippen LogP contribution in [0, 0.1) is 5.92 Å². The summed E-state index contributed by atoms with van der Waals surface area (Å²) in [5.74, 6) is -0.117. The summed E-state index contributed by atoms with van der Waals surface area (Å²) in [4.78, 5) is 10.8. The summed E-state index contributed by atoms with van der Waals surface area (Å²) in [6, 6.07) is 0. The maximum atomic E-state index is 10.8. The lowest BCUT2D eigenvalue weighted by atomic mass is 9.95. The van der Waals surface area contributed by atoms with Gasteiger partial charge in [0.25, 0.3) is 0 Å². The summed E-state index contributed by atoms with van der Waals surface area (Å²) in [6.45, 7) is 0. The summed E-state index contributed by atoms with van der Waals surface area (Å²) in [6.07, 6.45) is 7.80. The molecule has 2 rings (SSSR count). The Bertz CT molecular complexity index is 299. The van der Waals surface area contributed by atoms with Crippen LogP contribution in [0.2, 0.25) is 0 Å². The number of hydrogen-bond donors (Lipinski definition) is 1. The second-order valence-electron chi connectivity index (χ2n) is 2.79. The third kappa shape index (κ3) is 1.13. The Morgan fingerprint density at radius 3 is 2.92 bits per heavy atom. The van der Waals surface area contributed by atoms with Crippen LogP contribution in [0.5, 0.6) is 0 Å². The standard InChI is InChI=1S/C9H8O3/c10-7-3-1-6-2-4-9(11)12-8(6)5-7/h1-6,8,10H. The Morgan fingerprint density at radius 1 is 1.33 bits per heavy atom. The van der Waals surface area contributed by atoms with E-state index in [2.05, 4.69) is 0 Å². The van der Waals surface area contributed by atoms with Gasteiger partial charge in [0.1, 0.15) is 11.9 Å². The van der Waals surface area contributed by atoms with Crippen molar-refractivity contribution in [1.29, 1.82) is 0 Å². The molecule has 1 heterocycles. The minimum Gasteiger partial charge on any atom is -0.508 e. The highest BCUT2D eigenvalue weighted by Gasteiger charge is 2.25. The molecule has 2 atom stereocenters. The summed E-state index contributed by atoms with van der Waals surface area (Å²) in [5, 5.41) is 9.09. The van der Waals surface area contributed by atoms with Crippen LogP contribution in [0.25, 0.3) is 0 Å². The normalized spacial score (nSPS) is 32.3.